The maximum absolute atomic E-state index is 11.7. The van der Waals surface area contributed by atoms with Gasteiger partial charge in [-0.25, -0.2) is 0 Å². The zero-order chi connectivity index (χ0) is 14.4. The number of carbonyl (C=O) groups is 2. The molecule has 1 amide bonds. The van der Waals surface area contributed by atoms with E-state index >= 15 is 0 Å². The van der Waals surface area contributed by atoms with Crippen LogP contribution in [-0.4, -0.2) is 29.6 Å². The van der Waals surface area contributed by atoms with Crippen LogP contribution in [0.4, 0.5) is 0 Å². The first-order chi connectivity index (χ1) is 8.91. The summed E-state index contributed by atoms with van der Waals surface area (Å²) < 4.78 is 0. The molecule has 19 heavy (non-hydrogen) atoms. The number of benzene rings is 1. The van der Waals surface area contributed by atoms with Gasteiger partial charge in [0.05, 0.1) is 12.6 Å². The highest BCUT2D eigenvalue weighted by molar-refractivity contribution is 5.80. The number of carboxylic acid groups (broad SMARTS) is 1. The first-order valence-electron chi connectivity index (χ1n) is 6.23. The van der Waals surface area contributed by atoms with Crippen LogP contribution >= 0.6 is 0 Å². The van der Waals surface area contributed by atoms with Crippen LogP contribution in [0, 0.1) is 6.92 Å². The Morgan fingerprint density at radius 1 is 1.26 bits per heavy atom. The second-order valence-corrected chi connectivity index (χ2v) is 4.59. The third-order valence-electron chi connectivity index (χ3n) is 2.97. The molecule has 0 aliphatic carbocycles. The van der Waals surface area contributed by atoms with Crippen molar-refractivity contribution in [3.8, 4) is 0 Å². The maximum Gasteiger partial charge on any atom is 0.320 e. The van der Waals surface area contributed by atoms with Crippen molar-refractivity contribution in [2.24, 2.45) is 0 Å². The molecule has 0 radical (unpaired) electrons. The number of carbonyl (C=O) groups excluding carboxylic acids is 1. The largest absolute Gasteiger partial charge is 0.480 e. The van der Waals surface area contributed by atoms with Crippen LogP contribution in [-0.2, 0) is 9.59 Å². The molecule has 104 valence electrons. The van der Waals surface area contributed by atoms with E-state index in [2.05, 4.69) is 10.6 Å². The summed E-state index contributed by atoms with van der Waals surface area (Å²) in [7, 11) is 0. The number of aryl methyl sites for hydroxylation is 1. The minimum absolute atomic E-state index is 0.0102. The summed E-state index contributed by atoms with van der Waals surface area (Å²) in [6.07, 6.45) is 0. The molecule has 0 spiro atoms. The average Bonchev–Trinajstić information content (AvgIpc) is 2.36. The monoisotopic (exact) mass is 264 g/mol. The average molecular weight is 264 g/mol. The Morgan fingerprint density at radius 3 is 2.47 bits per heavy atom. The molecule has 5 nitrogen and oxygen atoms in total. The van der Waals surface area contributed by atoms with Gasteiger partial charge in [0.2, 0.25) is 5.91 Å². The molecule has 2 atom stereocenters. The smallest absolute Gasteiger partial charge is 0.320 e. The fourth-order valence-electron chi connectivity index (χ4n) is 1.78. The highest BCUT2D eigenvalue weighted by atomic mass is 16.4. The number of nitrogens with one attached hydrogen (secondary N) is 2. The highest BCUT2D eigenvalue weighted by Gasteiger charge is 2.14. The molecule has 0 bridgehead atoms. The van der Waals surface area contributed by atoms with Gasteiger partial charge in [0.25, 0.3) is 0 Å². The second-order valence-electron chi connectivity index (χ2n) is 4.59. The number of aliphatic carboxylic acids is 1. The molecule has 5 heteroatoms. The van der Waals surface area contributed by atoms with E-state index < -0.39 is 12.0 Å². The summed E-state index contributed by atoms with van der Waals surface area (Å²) >= 11 is 0. The molecule has 0 aliphatic rings. The van der Waals surface area contributed by atoms with Crippen molar-refractivity contribution in [1.82, 2.24) is 10.6 Å². The SMILES string of the molecule is Cc1ccccc1C(C)NC(=O)CN[C@H](C)C(=O)O. The molecule has 1 unspecified atom stereocenters. The van der Waals surface area contributed by atoms with Crippen LogP contribution in [0.5, 0.6) is 0 Å². The van der Waals surface area contributed by atoms with Crippen molar-refractivity contribution in [2.45, 2.75) is 32.9 Å². The number of amides is 1. The van der Waals surface area contributed by atoms with Gasteiger partial charge in [-0.05, 0) is 31.9 Å². The summed E-state index contributed by atoms with van der Waals surface area (Å²) in [4.78, 5) is 22.3. The van der Waals surface area contributed by atoms with E-state index in [1.807, 2.05) is 38.1 Å². The third kappa shape index (κ3) is 4.71. The van der Waals surface area contributed by atoms with Gasteiger partial charge >= 0.3 is 5.97 Å². The zero-order valence-corrected chi connectivity index (χ0v) is 11.4. The van der Waals surface area contributed by atoms with E-state index in [9.17, 15) is 9.59 Å². The molecule has 0 saturated heterocycles. The van der Waals surface area contributed by atoms with E-state index in [-0.39, 0.29) is 18.5 Å². The minimum atomic E-state index is -0.972. The van der Waals surface area contributed by atoms with Crippen molar-refractivity contribution in [1.29, 1.82) is 0 Å². The van der Waals surface area contributed by atoms with E-state index in [1.54, 1.807) is 0 Å². The Bertz CT molecular complexity index is 460. The van der Waals surface area contributed by atoms with Crippen LogP contribution in [0.2, 0.25) is 0 Å². The topological polar surface area (TPSA) is 78.4 Å². The van der Waals surface area contributed by atoms with E-state index in [0.29, 0.717) is 0 Å². The molecule has 1 aromatic rings. The number of carboxylic acids is 1. The molecular formula is C14H20N2O3. The Labute approximate surface area is 113 Å². The van der Waals surface area contributed by atoms with Gasteiger partial charge in [-0.3, -0.25) is 14.9 Å². The Kier molecular flexibility index (Phi) is 5.51. The van der Waals surface area contributed by atoms with Crippen LogP contribution in [0.3, 0.4) is 0 Å². The molecule has 0 aliphatic heterocycles. The van der Waals surface area contributed by atoms with Gasteiger partial charge in [0.1, 0.15) is 6.04 Å². The van der Waals surface area contributed by atoms with Gasteiger partial charge < -0.3 is 10.4 Å². The molecular weight excluding hydrogens is 244 g/mol. The lowest BCUT2D eigenvalue weighted by molar-refractivity contribution is -0.139. The van der Waals surface area contributed by atoms with Gasteiger partial charge in [-0.2, -0.15) is 0 Å². The van der Waals surface area contributed by atoms with Gasteiger partial charge in [0.15, 0.2) is 0 Å². The lowest BCUT2D eigenvalue weighted by Gasteiger charge is -2.17. The van der Waals surface area contributed by atoms with Gasteiger partial charge in [-0.15, -0.1) is 0 Å². The summed E-state index contributed by atoms with van der Waals surface area (Å²) in [5.74, 6) is -1.19. The highest BCUT2D eigenvalue weighted by Crippen LogP contribution is 2.16. The van der Waals surface area contributed by atoms with Crippen molar-refractivity contribution in [3.63, 3.8) is 0 Å². The Hall–Kier alpha value is -1.88. The summed E-state index contributed by atoms with van der Waals surface area (Å²) in [5.41, 5.74) is 2.17. The number of hydrogen-bond acceptors (Lipinski definition) is 3. The minimum Gasteiger partial charge on any atom is -0.480 e. The first-order valence-corrected chi connectivity index (χ1v) is 6.23. The quantitative estimate of drug-likeness (QED) is 0.722. The zero-order valence-electron chi connectivity index (χ0n) is 11.4. The predicted molar refractivity (Wildman–Crippen MR) is 72.8 cm³/mol. The fourth-order valence-corrected chi connectivity index (χ4v) is 1.78. The van der Waals surface area contributed by atoms with Crippen LogP contribution in [0.1, 0.15) is 31.0 Å². The second kappa shape index (κ2) is 6.89. The molecule has 0 saturated carbocycles. The summed E-state index contributed by atoms with van der Waals surface area (Å²) in [6, 6.07) is 6.99. The molecule has 1 rings (SSSR count). The van der Waals surface area contributed by atoms with E-state index in [4.69, 9.17) is 5.11 Å². The maximum atomic E-state index is 11.7. The van der Waals surface area contributed by atoms with E-state index in [0.717, 1.165) is 11.1 Å². The Balaban J connectivity index is 2.49. The fraction of sp³-hybridized carbons (Fsp3) is 0.429. The van der Waals surface area contributed by atoms with Crippen molar-refractivity contribution in [3.05, 3.63) is 35.4 Å². The van der Waals surface area contributed by atoms with Crippen LogP contribution < -0.4 is 10.6 Å². The Morgan fingerprint density at radius 2 is 1.89 bits per heavy atom. The molecule has 0 heterocycles. The van der Waals surface area contributed by atoms with Crippen molar-refractivity contribution in [2.75, 3.05) is 6.54 Å². The van der Waals surface area contributed by atoms with Crippen molar-refractivity contribution >= 4 is 11.9 Å². The third-order valence-corrected chi connectivity index (χ3v) is 2.97. The lowest BCUT2D eigenvalue weighted by Crippen LogP contribution is -2.42. The molecule has 0 fully saturated rings. The van der Waals surface area contributed by atoms with Gasteiger partial charge in [-0.1, -0.05) is 24.3 Å². The molecule has 0 aromatic heterocycles. The van der Waals surface area contributed by atoms with Crippen LogP contribution in [0.15, 0.2) is 24.3 Å². The van der Waals surface area contributed by atoms with Crippen LogP contribution in [0.25, 0.3) is 0 Å². The summed E-state index contributed by atoms with van der Waals surface area (Å²) in [5, 5.41) is 14.2. The lowest BCUT2D eigenvalue weighted by atomic mass is 10.0. The first kappa shape index (κ1) is 15.2. The number of hydrogen-bond donors (Lipinski definition) is 3. The summed E-state index contributed by atoms with van der Waals surface area (Å²) in [6.45, 7) is 5.38. The predicted octanol–water partition coefficient (Wildman–Crippen LogP) is 1.23. The number of rotatable bonds is 6. The van der Waals surface area contributed by atoms with Crippen molar-refractivity contribution < 1.29 is 14.7 Å². The van der Waals surface area contributed by atoms with Gasteiger partial charge in [0, 0.05) is 0 Å². The molecule has 1 aromatic carbocycles. The van der Waals surface area contributed by atoms with E-state index in [1.165, 1.54) is 6.92 Å². The standard InChI is InChI=1S/C14H20N2O3/c1-9-6-4-5-7-12(9)10(2)16-13(17)8-15-11(3)14(18)19/h4-7,10-11,15H,8H2,1-3H3,(H,16,17)(H,18,19)/t10?,11-/m1/s1. The molecule has 3 N–H and O–H groups in total. The normalized spacial score (nSPS) is 13.6.